The number of imidazole rings is 1. The number of halogens is 2. The van der Waals surface area contributed by atoms with Crippen molar-refractivity contribution in [1.82, 2.24) is 15.0 Å². The Morgan fingerprint density at radius 3 is 2.75 bits per heavy atom. The maximum absolute atomic E-state index is 13.6. The Balaban J connectivity index is 2.21. The number of fused-ring (bicyclic) bond motifs is 1. The smallest absolute Gasteiger partial charge is 0.338 e. The van der Waals surface area contributed by atoms with Crippen LogP contribution in [0.3, 0.4) is 0 Å². The number of carboxylic acid groups (broad SMARTS) is 1. The minimum atomic E-state index is -1.39. The molecule has 2 aromatic heterocycles. The molecule has 20 heavy (non-hydrogen) atoms. The Kier molecular flexibility index (Phi) is 2.67. The van der Waals surface area contributed by atoms with Crippen LogP contribution in [0, 0.1) is 11.6 Å². The minimum absolute atomic E-state index is 0.175. The summed E-state index contributed by atoms with van der Waals surface area (Å²) in [5.74, 6) is -2.66. The highest BCUT2D eigenvalue weighted by molar-refractivity contribution is 5.93. The van der Waals surface area contributed by atoms with Gasteiger partial charge in [0.05, 0.1) is 28.4 Å². The zero-order valence-corrected chi connectivity index (χ0v) is 9.89. The normalized spacial score (nSPS) is 10.9. The summed E-state index contributed by atoms with van der Waals surface area (Å²) in [5, 5.41) is 8.85. The molecular formula is C13H7F2N3O2. The highest BCUT2D eigenvalue weighted by Crippen LogP contribution is 2.24. The van der Waals surface area contributed by atoms with Crippen LogP contribution in [-0.2, 0) is 0 Å². The molecule has 7 heteroatoms. The van der Waals surface area contributed by atoms with E-state index in [-0.39, 0.29) is 16.9 Å². The van der Waals surface area contributed by atoms with Gasteiger partial charge in [-0.1, -0.05) is 0 Å². The van der Waals surface area contributed by atoms with Gasteiger partial charge in [0.15, 0.2) is 5.82 Å². The highest BCUT2D eigenvalue weighted by Gasteiger charge is 2.15. The number of hydrogen-bond donors (Lipinski definition) is 2. The summed E-state index contributed by atoms with van der Waals surface area (Å²) >= 11 is 0. The zero-order chi connectivity index (χ0) is 14.3. The average molecular weight is 275 g/mol. The van der Waals surface area contributed by atoms with Crippen molar-refractivity contribution in [2.24, 2.45) is 0 Å². The lowest BCUT2D eigenvalue weighted by Crippen LogP contribution is -1.99. The van der Waals surface area contributed by atoms with Gasteiger partial charge in [0.1, 0.15) is 11.6 Å². The first-order chi connectivity index (χ1) is 9.56. The maximum atomic E-state index is 13.6. The van der Waals surface area contributed by atoms with E-state index in [9.17, 15) is 13.6 Å². The van der Waals surface area contributed by atoms with Gasteiger partial charge >= 0.3 is 5.97 Å². The van der Waals surface area contributed by atoms with Crippen LogP contribution in [0.15, 0.2) is 30.6 Å². The lowest BCUT2D eigenvalue weighted by molar-refractivity contribution is 0.0692. The van der Waals surface area contributed by atoms with Crippen LogP contribution in [0.1, 0.15) is 10.4 Å². The first-order valence-corrected chi connectivity index (χ1v) is 5.58. The molecule has 2 heterocycles. The Labute approximate surface area is 110 Å². The summed E-state index contributed by atoms with van der Waals surface area (Å²) in [5.41, 5.74) is 0.230. The molecule has 0 amide bonds. The number of aromatic amines is 1. The number of rotatable bonds is 2. The predicted molar refractivity (Wildman–Crippen MR) is 66.2 cm³/mol. The van der Waals surface area contributed by atoms with Crippen LogP contribution in [0.2, 0.25) is 0 Å². The van der Waals surface area contributed by atoms with Crippen molar-refractivity contribution in [3.8, 4) is 11.4 Å². The molecule has 3 aromatic rings. The molecule has 0 aliphatic heterocycles. The fourth-order valence-corrected chi connectivity index (χ4v) is 1.89. The molecule has 0 aliphatic carbocycles. The maximum Gasteiger partial charge on any atom is 0.338 e. The van der Waals surface area contributed by atoms with Crippen LogP contribution in [0.25, 0.3) is 22.4 Å². The number of aromatic carboxylic acids is 1. The number of nitrogens with one attached hydrogen (secondary N) is 1. The van der Waals surface area contributed by atoms with Gasteiger partial charge in [-0.2, -0.15) is 0 Å². The lowest BCUT2D eigenvalue weighted by atomic mass is 10.2. The number of carbonyl (C=O) groups is 1. The second-order valence-electron chi connectivity index (χ2n) is 4.10. The van der Waals surface area contributed by atoms with Crippen LogP contribution in [0.4, 0.5) is 8.78 Å². The number of nitrogens with zero attached hydrogens (tertiary/aromatic N) is 2. The second-order valence-corrected chi connectivity index (χ2v) is 4.10. The lowest BCUT2D eigenvalue weighted by Gasteiger charge is -1.96. The fourth-order valence-electron chi connectivity index (χ4n) is 1.89. The van der Waals surface area contributed by atoms with E-state index in [2.05, 4.69) is 15.0 Å². The van der Waals surface area contributed by atoms with E-state index in [1.54, 1.807) is 0 Å². The van der Waals surface area contributed by atoms with Crippen LogP contribution in [0.5, 0.6) is 0 Å². The van der Waals surface area contributed by atoms with Gasteiger partial charge in [0.25, 0.3) is 0 Å². The minimum Gasteiger partial charge on any atom is -0.478 e. The van der Waals surface area contributed by atoms with Gasteiger partial charge in [-0.15, -0.1) is 0 Å². The van der Waals surface area contributed by atoms with Crippen molar-refractivity contribution in [3.05, 3.63) is 47.8 Å². The van der Waals surface area contributed by atoms with Crippen molar-refractivity contribution in [3.63, 3.8) is 0 Å². The largest absolute Gasteiger partial charge is 0.478 e. The molecule has 0 bridgehead atoms. The Hall–Kier alpha value is -2.83. The summed E-state index contributed by atoms with van der Waals surface area (Å²) in [6.45, 7) is 0. The zero-order valence-electron chi connectivity index (χ0n) is 9.89. The SMILES string of the molecule is O=C(O)c1cc2nc(-c3ccncc3F)[nH]c2cc1F. The van der Waals surface area contributed by atoms with E-state index in [0.29, 0.717) is 5.52 Å². The van der Waals surface area contributed by atoms with Crippen molar-refractivity contribution in [1.29, 1.82) is 0 Å². The van der Waals surface area contributed by atoms with Crippen LogP contribution < -0.4 is 0 Å². The molecule has 2 N–H and O–H groups in total. The number of hydrogen-bond acceptors (Lipinski definition) is 3. The van der Waals surface area contributed by atoms with Crippen molar-refractivity contribution in [2.75, 3.05) is 0 Å². The quantitative estimate of drug-likeness (QED) is 0.753. The Morgan fingerprint density at radius 1 is 1.25 bits per heavy atom. The topological polar surface area (TPSA) is 78.9 Å². The molecular weight excluding hydrogens is 268 g/mol. The number of aromatic nitrogens is 3. The summed E-state index contributed by atoms with van der Waals surface area (Å²) in [7, 11) is 0. The molecule has 3 rings (SSSR count). The van der Waals surface area contributed by atoms with Crippen molar-refractivity contribution >= 4 is 17.0 Å². The van der Waals surface area contributed by atoms with Crippen molar-refractivity contribution < 1.29 is 18.7 Å². The van der Waals surface area contributed by atoms with E-state index < -0.39 is 23.2 Å². The van der Waals surface area contributed by atoms with Gasteiger partial charge in [-0.25, -0.2) is 18.6 Å². The summed E-state index contributed by atoms with van der Waals surface area (Å²) in [6, 6.07) is 3.54. The third-order valence-corrected chi connectivity index (χ3v) is 2.83. The predicted octanol–water partition coefficient (Wildman–Crippen LogP) is 2.60. The van der Waals surface area contributed by atoms with E-state index in [4.69, 9.17) is 5.11 Å². The number of pyridine rings is 1. The van der Waals surface area contributed by atoms with E-state index in [1.807, 2.05) is 0 Å². The number of carboxylic acids is 1. The van der Waals surface area contributed by atoms with Gasteiger partial charge in [-0.3, -0.25) is 4.98 Å². The third-order valence-electron chi connectivity index (χ3n) is 2.83. The van der Waals surface area contributed by atoms with Crippen LogP contribution in [-0.4, -0.2) is 26.0 Å². The molecule has 0 aliphatic rings. The first-order valence-electron chi connectivity index (χ1n) is 5.58. The highest BCUT2D eigenvalue weighted by atomic mass is 19.1. The van der Waals surface area contributed by atoms with E-state index in [0.717, 1.165) is 18.3 Å². The first kappa shape index (κ1) is 12.2. The molecule has 100 valence electrons. The average Bonchev–Trinajstić information content (AvgIpc) is 2.80. The van der Waals surface area contributed by atoms with E-state index in [1.165, 1.54) is 12.3 Å². The summed E-state index contributed by atoms with van der Waals surface area (Å²) < 4.78 is 27.1. The van der Waals surface area contributed by atoms with Gasteiger partial charge < -0.3 is 10.1 Å². The monoisotopic (exact) mass is 275 g/mol. The van der Waals surface area contributed by atoms with Gasteiger partial charge in [-0.05, 0) is 12.1 Å². The Morgan fingerprint density at radius 2 is 2.05 bits per heavy atom. The van der Waals surface area contributed by atoms with Gasteiger partial charge in [0.2, 0.25) is 0 Å². The molecule has 0 radical (unpaired) electrons. The molecule has 5 nitrogen and oxygen atoms in total. The number of benzene rings is 1. The standard InChI is InChI=1S/C13H7F2N3O2/c14-8-4-11-10(3-7(8)13(19)20)17-12(18-11)6-1-2-16-5-9(6)15/h1-5H,(H,17,18)(H,19,20). The molecule has 0 saturated heterocycles. The van der Waals surface area contributed by atoms with E-state index >= 15 is 0 Å². The Bertz CT molecular complexity index is 830. The van der Waals surface area contributed by atoms with Gasteiger partial charge in [0, 0.05) is 12.3 Å². The molecule has 0 spiro atoms. The third kappa shape index (κ3) is 1.89. The molecule has 0 unspecified atom stereocenters. The molecule has 0 atom stereocenters. The summed E-state index contributed by atoms with van der Waals surface area (Å²) in [6.07, 6.45) is 2.43. The van der Waals surface area contributed by atoms with Crippen LogP contribution >= 0.6 is 0 Å². The second kappa shape index (κ2) is 4.37. The molecule has 0 saturated carbocycles. The molecule has 0 fully saturated rings. The fraction of sp³-hybridized carbons (Fsp3) is 0. The summed E-state index contributed by atoms with van der Waals surface area (Å²) in [4.78, 5) is 21.3. The van der Waals surface area contributed by atoms with Crippen molar-refractivity contribution in [2.45, 2.75) is 0 Å². The number of H-pyrrole nitrogens is 1. The molecule has 1 aromatic carbocycles.